The maximum absolute atomic E-state index is 4.47. The van der Waals surface area contributed by atoms with E-state index in [-0.39, 0.29) is 0 Å². The topological polar surface area (TPSA) is 0 Å². The van der Waals surface area contributed by atoms with E-state index in [0.29, 0.717) is 28.3 Å². The molecule has 12 heavy (non-hydrogen) atoms. The van der Waals surface area contributed by atoms with Crippen molar-refractivity contribution in [1.29, 1.82) is 0 Å². The molecule has 0 nitrogen and oxygen atoms in total. The van der Waals surface area contributed by atoms with Gasteiger partial charge in [-0.15, -0.1) is 0 Å². The summed E-state index contributed by atoms with van der Waals surface area (Å²) in [7, 11) is 0. The van der Waals surface area contributed by atoms with Gasteiger partial charge in [0, 0.05) is 10.5 Å². The van der Waals surface area contributed by atoms with Crippen LogP contribution >= 0.6 is 25.3 Å². The van der Waals surface area contributed by atoms with E-state index in [9.17, 15) is 0 Å². The Morgan fingerprint density at radius 3 is 1.00 bits per heavy atom. The van der Waals surface area contributed by atoms with Crippen LogP contribution in [0, 0.1) is 17.8 Å². The Labute approximate surface area is 88.3 Å². The highest BCUT2D eigenvalue weighted by molar-refractivity contribution is 7.81. The molecule has 2 heteroatoms. The summed E-state index contributed by atoms with van der Waals surface area (Å²) in [5, 5.41) is 0.962. The quantitative estimate of drug-likeness (QED) is 0.646. The summed E-state index contributed by atoms with van der Waals surface area (Å²) in [6.07, 6.45) is 0. The Morgan fingerprint density at radius 2 is 0.833 bits per heavy atom. The average Bonchev–Trinajstić information content (AvgIpc) is 2.00. The monoisotopic (exact) mass is 206 g/mol. The third-order valence-corrected chi connectivity index (χ3v) is 4.12. The van der Waals surface area contributed by atoms with E-state index in [2.05, 4.69) is 59.9 Å². The zero-order chi connectivity index (χ0) is 9.89. The molecule has 0 N–H and O–H groups in total. The van der Waals surface area contributed by atoms with E-state index >= 15 is 0 Å². The van der Waals surface area contributed by atoms with Crippen LogP contribution in [0.4, 0.5) is 0 Å². The van der Waals surface area contributed by atoms with Gasteiger partial charge in [-0.05, 0) is 17.8 Å². The molecule has 0 radical (unpaired) electrons. The number of thiol groups is 2. The van der Waals surface area contributed by atoms with Crippen molar-refractivity contribution in [2.24, 2.45) is 17.8 Å². The van der Waals surface area contributed by atoms with E-state index in [0.717, 1.165) is 0 Å². The molecule has 0 bridgehead atoms. The molecule has 0 aromatic heterocycles. The molecule has 0 rings (SSSR count). The van der Waals surface area contributed by atoms with E-state index in [4.69, 9.17) is 0 Å². The van der Waals surface area contributed by atoms with Crippen LogP contribution in [0.15, 0.2) is 0 Å². The second-order valence-electron chi connectivity index (χ2n) is 4.06. The van der Waals surface area contributed by atoms with Gasteiger partial charge in [-0.3, -0.25) is 0 Å². The average molecular weight is 206 g/mol. The van der Waals surface area contributed by atoms with Crippen LogP contribution in [0.5, 0.6) is 0 Å². The molecule has 0 aromatic rings. The SMILES string of the molecule is CC(S)C(C)C(C)C(C)C(C)S. The normalized spacial score (nSPS) is 24.2. The lowest BCUT2D eigenvalue weighted by atomic mass is 9.82. The van der Waals surface area contributed by atoms with Crippen LogP contribution < -0.4 is 0 Å². The molecule has 0 saturated heterocycles. The summed E-state index contributed by atoms with van der Waals surface area (Å²) in [5.74, 6) is 2.03. The highest BCUT2D eigenvalue weighted by Gasteiger charge is 2.24. The molecular weight excluding hydrogens is 184 g/mol. The Bertz CT molecular complexity index is 107. The van der Waals surface area contributed by atoms with E-state index in [1.807, 2.05) is 0 Å². The Morgan fingerprint density at radius 1 is 0.583 bits per heavy atom. The Balaban J connectivity index is 4.08. The standard InChI is InChI=1S/C10H22S2/c1-6(7(2)9(4)11)8(3)10(5)12/h6-12H,1-5H3. The van der Waals surface area contributed by atoms with Crippen molar-refractivity contribution in [3.63, 3.8) is 0 Å². The molecule has 0 saturated carbocycles. The largest absolute Gasteiger partial charge is 0.176 e. The minimum Gasteiger partial charge on any atom is -0.176 e. The van der Waals surface area contributed by atoms with Crippen LogP contribution in [0.25, 0.3) is 0 Å². The first-order valence-corrected chi connectivity index (χ1v) is 5.77. The number of hydrogen-bond donors (Lipinski definition) is 2. The van der Waals surface area contributed by atoms with E-state index < -0.39 is 0 Å². The third kappa shape index (κ3) is 3.61. The second kappa shape index (κ2) is 5.43. The van der Waals surface area contributed by atoms with Gasteiger partial charge in [-0.25, -0.2) is 0 Å². The molecule has 0 amide bonds. The summed E-state index contributed by atoms with van der Waals surface area (Å²) < 4.78 is 0. The van der Waals surface area contributed by atoms with Crippen LogP contribution in [0.2, 0.25) is 0 Å². The van der Waals surface area contributed by atoms with Crippen molar-refractivity contribution in [3.05, 3.63) is 0 Å². The summed E-state index contributed by atoms with van der Waals surface area (Å²) in [6.45, 7) is 11.2. The lowest BCUT2D eigenvalue weighted by Gasteiger charge is -2.30. The van der Waals surface area contributed by atoms with Crippen molar-refractivity contribution in [1.82, 2.24) is 0 Å². The summed E-state index contributed by atoms with van der Waals surface area (Å²) >= 11 is 8.94. The fraction of sp³-hybridized carbons (Fsp3) is 1.00. The predicted octanol–water partition coefficient (Wildman–Crippen LogP) is 3.53. The Kier molecular flexibility index (Phi) is 5.75. The molecule has 4 atom stereocenters. The molecular formula is C10H22S2. The fourth-order valence-corrected chi connectivity index (χ4v) is 1.90. The summed E-state index contributed by atoms with van der Waals surface area (Å²) in [4.78, 5) is 0. The highest BCUT2D eigenvalue weighted by atomic mass is 32.1. The number of hydrogen-bond acceptors (Lipinski definition) is 2. The maximum atomic E-state index is 4.47. The molecule has 0 heterocycles. The van der Waals surface area contributed by atoms with Crippen LogP contribution in [-0.2, 0) is 0 Å². The molecule has 0 aliphatic carbocycles. The lowest BCUT2D eigenvalue weighted by Crippen LogP contribution is -2.26. The van der Waals surface area contributed by atoms with Gasteiger partial charge >= 0.3 is 0 Å². The highest BCUT2D eigenvalue weighted by Crippen LogP contribution is 2.29. The molecule has 0 spiro atoms. The van der Waals surface area contributed by atoms with Crippen molar-refractivity contribution in [3.8, 4) is 0 Å². The summed E-state index contributed by atoms with van der Waals surface area (Å²) in [5.41, 5.74) is 0. The smallest absolute Gasteiger partial charge is 0.00167 e. The van der Waals surface area contributed by atoms with Crippen LogP contribution in [0.3, 0.4) is 0 Å². The van der Waals surface area contributed by atoms with Gasteiger partial charge in [0.1, 0.15) is 0 Å². The molecule has 0 aromatic carbocycles. The zero-order valence-corrected chi connectivity index (χ0v) is 10.6. The van der Waals surface area contributed by atoms with Gasteiger partial charge in [0.15, 0.2) is 0 Å². The van der Waals surface area contributed by atoms with Crippen molar-refractivity contribution in [2.75, 3.05) is 0 Å². The zero-order valence-electron chi connectivity index (χ0n) is 8.78. The minimum absolute atomic E-state index is 0.481. The van der Waals surface area contributed by atoms with E-state index in [1.54, 1.807) is 0 Å². The maximum Gasteiger partial charge on any atom is 0.00167 e. The minimum atomic E-state index is 0.481. The van der Waals surface area contributed by atoms with Gasteiger partial charge in [0.25, 0.3) is 0 Å². The molecule has 4 unspecified atom stereocenters. The first-order chi connectivity index (χ1) is 5.37. The van der Waals surface area contributed by atoms with Crippen LogP contribution in [0.1, 0.15) is 34.6 Å². The van der Waals surface area contributed by atoms with Gasteiger partial charge in [0.2, 0.25) is 0 Å². The molecule has 0 aliphatic heterocycles. The molecule has 0 aliphatic rings. The molecule has 0 fully saturated rings. The summed E-state index contributed by atoms with van der Waals surface area (Å²) in [6, 6.07) is 0. The lowest BCUT2D eigenvalue weighted by molar-refractivity contribution is 0.278. The molecule has 74 valence electrons. The first-order valence-electron chi connectivity index (χ1n) is 4.74. The van der Waals surface area contributed by atoms with Crippen molar-refractivity contribution >= 4 is 25.3 Å². The Hall–Kier alpha value is 0.700. The van der Waals surface area contributed by atoms with Crippen molar-refractivity contribution in [2.45, 2.75) is 45.1 Å². The first kappa shape index (κ1) is 12.7. The predicted molar refractivity (Wildman–Crippen MR) is 64.4 cm³/mol. The van der Waals surface area contributed by atoms with E-state index in [1.165, 1.54) is 0 Å². The van der Waals surface area contributed by atoms with Gasteiger partial charge in [-0.1, -0.05) is 34.6 Å². The number of rotatable bonds is 4. The van der Waals surface area contributed by atoms with Crippen molar-refractivity contribution < 1.29 is 0 Å². The third-order valence-electron chi connectivity index (χ3n) is 3.18. The second-order valence-corrected chi connectivity index (χ2v) is 5.69. The van der Waals surface area contributed by atoms with Gasteiger partial charge in [0.05, 0.1) is 0 Å². The fourth-order valence-electron chi connectivity index (χ4n) is 1.36. The van der Waals surface area contributed by atoms with Gasteiger partial charge < -0.3 is 0 Å². The van der Waals surface area contributed by atoms with Crippen LogP contribution in [-0.4, -0.2) is 10.5 Å². The van der Waals surface area contributed by atoms with Gasteiger partial charge in [-0.2, -0.15) is 25.3 Å².